The Kier molecular flexibility index (Phi) is 13.3. The predicted molar refractivity (Wildman–Crippen MR) is 118 cm³/mol. The van der Waals surface area contributed by atoms with Gasteiger partial charge in [0.2, 0.25) is 0 Å². The molecule has 0 aromatic heterocycles. The van der Waals surface area contributed by atoms with E-state index in [1.54, 1.807) is 13.2 Å². The summed E-state index contributed by atoms with van der Waals surface area (Å²) in [7, 11) is 5.80. The molecule has 152 valence electrons. The molecule has 0 atom stereocenters. The summed E-state index contributed by atoms with van der Waals surface area (Å²) in [5, 5.41) is 4.10. The molecule has 27 heavy (non-hydrogen) atoms. The van der Waals surface area contributed by atoms with Gasteiger partial charge in [0.15, 0.2) is 11.5 Å². The third-order valence-electron chi connectivity index (χ3n) is 3.82. The fraction of sp³-hybridized carbons (Fsp3) is 0.400. The molecule has 0 saturated heterocycles. The number of benzene rings is 2. The van der Waals surface area contributed by atoms with Gasteiger partial charge in [-0.3, -0.25) is 0 Å². The smallest absolute Gasteiger partial charge is 0.166 e. The van der Waals surface area contributed by atoms with Gasteiger partial charge in [0.25, 0.3) is 0 Å². The molecule has 0 heterocycles. The number of hydrogen-bond donors (Lipinski definition) is 1. The molecule has 2 aromatic rings. The van der Waals surface area contributed by atoms with Gasteiger partial charge in [0, 0.05) is 23.2 Å². The number of hydrogen-bond acceptors (Lipinski definition) is 4. The van der Waals surface area contributed by atoms with Crippen molar-refractivity contribution < 1.29 is 9.47 Å². The van der Waals surface area contributed by atoms with Crippen LogP contribution in [0.15, 0.2) is 42.5 Å². The molecule has 0 amide bonds. The van der Waals surface area contributed by atoms with Gasteiger partial charge in [0.1, 0.15) is 6.61 Å². The summed E-state index contributed by atoms with van der Waals surface area (Å²) in [5.41, 5.74) is 2.12. The van der Waals surface area contributed by atoms with E-state index < -0.39 is 0 Å². The normalized spacial score (nSPS) is 10.1. The van der Waals surface area contributed by atoms with Crippen LogP contribution in [0.5, 0.6) is 11.5 Å². The molecule has 0 aliphatic rings. The van der Waals surface area contributed by atoms with Gasteiger partial charge in [-0.25, -0.2) is 0 Å². The zero-order valence-corrected chi connectivity index (χ0v) is 18.4. The largest absolute Gasteiger partial charge is 0.493 e. The van der Waals surface area contributed by atoms with Crippen LogP contribution in [0.4, 0.5) is 0 Å². The highest BCUT2D eigenvalue weighted by Crippen LogP contribution is 2.35. The maximum atomic E-state index is 6.23. The van der Waals surface area contributed by atoms with Crippen molar-refractivity contribution in [3.8, 4) is 11.5 Å². The SMILES string of the molecule is COc1cc(Cl)cc(CNCCCN(C)C)c1OCc1ccccc1.Cl.Cl. The molecule has 0 aliphatic carbocycles. The molecule has 4 nitrogen and oxygen atoms in total. The van der Waals surface area contributed by atoms with Crippen molar-refractivity contribution in [2.75, 3.05) is 34.3 Å². The van der Waals surface area contributed by atoms with Crippen LogP contribution in [0.2, 0.25) is 5.02 Å². The lowest BCUT2D eigenvalue weighted by atomic mass is 10.1. The van der Waals surface area contributed by atoms with Crippen molar-refractivity contribution in [1.82, 2.24) is 10.2 Å². The molecular formula is C20H29Cl3N2O2. The maximum Gasteiger partial charge on any atom is 0.166 e. The van der Waals surface area contributed by atoms with Crippen molar-refractivity contribution in [2.24, 2.45) is 0 Å². The Labute approximate surface area is 180 Å². The third kappa shape index (κ3) is 9.04. The van der Waals surface area contributed by atoms with Gasteiger partial charge >= 0.3 is 0 Å². The molecule has 2 rings (SSSR count). The number of nitrogens with one attached hydrogen (secondary N) is 1. The van der Waals surface area contributed by atoms with Crippen LogP contribution in [-0.2, 0) is 13.2 Å². The molecule has 0 spiro atoms. The molecule has 0 unspecified atom stereocenters. The van der Waals surface area contributed by atoms with Gasteiger partial charge in [-0.15, -0.1) is 24.8 Å². The Morgan fingerprint density at radius 3 is 2.41 bits per heavy atom. The van der Waals surface area contributed by atoms with Crippen LogP contribution in [-0.4, -0.2) is 39.2 Å². The first kappa shape index (κ1) is 25.8. The van der Waals surface area contributed by atoms with E-state index in [1.165, 1.54) is 0 Å². The quantitative estimate of drug-likeness (QED) is 0.543. The monoisotopic (exact) mass is 434 g/mol. The molecule has 0 saturated carbocycles. The molecule has 0 radical (unpaired) electrons. The fourth-order valence-electron chi connectivity index (χ4n) is 2.54. The zero-order valence-electron chi connectivity index (χ0n) is 16.0. The van der Waals surface area contributed by atoms with E-state index in [9.17, 15) is 0 Å². The topological polar surface area (TPSA) is 33.7 Å². The van der Waals surface area contributed by atoms with Crippen LogP contribution < -0.4 is 14.8 Å². The summed E-state index contributed by atoms with van der Waals surface area (Å²) in [4.78, 5) is 2.18. The van der Waals surface area contributed by atoms with Crippen LogP contribution in [0.25, 0.3) is 0 Å². The second-order valence-electron chi connectivity index (χ2n) is 6.20. The molecule has 0 aliphatic heterocycles. The Morgan fingerprint density at radius 1 is 1.07 bits per heavy atom. The number of halogens is 3. The summed E-state index contributed by atoms with van der Waals surface area (Å²) in [6.45, 7) is 3.18. The van der Waals surface area contributed by atoms with Crippen molar-refractivity contribution >= 4 is 36.4 Å². The zero-order chi connectivity index (χ0) is 18.1. The molecule has 1 N–H and O–H groups in total. The lowest BCUT2D eigenvalue weighted by Crippen LogP contribution is -2.21. The Bertz CT molecular complexity index is 655. The van der Waals surface area contributed by atoms with Crippen molar-refractivity contribution in [3.05, 3.63) is 58.6 Å². The summed E-state index contributed by atoms with van der Waals surface area (Å²) in [6, 6.07) is 13.8. The minimum absolute atomic E-state index is 0. The van der Waals surface area contributed by atoms with Gasteiger partial charge in [-0.1, -0.05) is 41.9 Å². The van der Waals surface area contributed by atoms with Crippen LogP contribution in [0, 0.1) is 0 Å². The number of methoxy groups -OCH3 is 1. The van der Waals surface area contributed by atoms with Crippen molar-refractivity contribution in [2.45, 2.75) is 19.6 Å². The highest BCUT2D eigenvalue weighted by atomic mass is 35.5. The molecule has 0 bridgehead atoms. The summed E-state index contributed by atoms with van der Waals surface area (Å²) < 4.78 is 11.5. The van der Waals surface area contributed by atoms with E-state index in [-0.39, 0.29) is 24.8 Å². The standard InChI is InChI=1S/C20H27ClN2O2.2ClH/c1-23(2)11-7-10-22-14-17-12-18(21)13-19(24-3)20(17)25-15-16-8-5-4-6-9-16;;/h4-6,8-9,12-13,22H,7,10-11,14-15H2,1-3H3;2*1H. The van der Waals surface area contributed by atoms with Gasteiger partial charge in [0.05, 0.1) is 7.11 Å². The second kappa shape index (κ2) is 13.9. The first-order valence-electron chi connectivity index (χ1n) is 8.48. The average molecular weight is 436 g/mol. The Morgan fingerprint density at radius 2 is 1.78 bits per heavy atom. The molecular weight excluding hydrogens is 407 g/mol. The predicted octanol–water partition coefficient (Wildman–Crippen LogP) is 4.81. The minimum atomic E-state index is 0. The first-order chi connectivity index (χ1) is 12.1. The highest BCUT2D eigenvalue weighted by Gasteiger charge is 2.13. The van der Waals surface area contributed by atoms with E-state index in [1.807, 2.05) is 36.4 Å². The fourth-order valence-corrected chi connectivity index (χ4v) is 2.77. The lowest BCUT2D eigenvalue weighted by Gasteiger charge is -2.17. The first-order valence-corrected chi connectivity index (χ1v) is 8.86. The highest BCUT2D eigenvalue weighted by molar-refractivity contribution is 6.30. The van der Waals surface area contributed by atoms with E-state index in [4.69, 9.17) is 21.1 Å². The van der Waals surface area contributed by atoms with E-state index >= 15 is 0 Å². The van der Waals surface area contributed by atoms with Crippen LogP contribution in [0.3, 0.4) is 0 Å². The Balaban J connectivity index is 0.00000338. The van der Waals surface area contributed by atoms with Crippen molar-refractivity contribution in [1.29, 1.82) is 0 Å². The lowest BCUT2D eigenvalue weighted by molar-refractivity contribution is 0.280. The second-order valence-corrected chi connectivity index (χ2v) is 6.64. The van der Waals surface area contributed by atoms with E-state index in [0.717, 1.165) is 36.4 Å². The number of rotatable bonds is 10. The minimum Gasteiger partial charge on any atom is -0.493 e. The summed E-state index contributed by atoms with van der Waals surface area (Å²) in [6.07, 6.45) is 1.09. The Hall–Kier alpha value is -1.17. The average Bonchev–Trinajstić information content (AvgIpc) is 2.60. The number of nitrogens with zero attached hydrogens (tertiary/aromatic N) is 1. The van der Waals surface area contributed by atoms with Crippen LogP contribution >= 0.6 is 36.4 Å². The van der Waals surface area contributed by atoms with Gasteiger partial charge in [-0.2, -0.15) is 0 Å². The third-order valence-corrected chi connectivity index (χ3v) is 4.04. The summed E-state index contributed by atoms with van der Waals surface area (Å²) >= 11 is 6.23. The van der Waals surface area contributed by atoms with Crippen LogP contribution in [0.1, 0.15) is 17.5 Å². The maximum absolute atomic E-state index is 6.23. The molecule has 7 heteroatoms. The van der Waals surface area contributed by atoms with Gasteiger partial charge < -0.3 is 19.7 Å². The van der Waals surface area contributed by atoms with E-state index in [2.05, 4.69) is 24.3 Å². The number of ether oxygens (including phenoxy) is 2. The molecule has 0 fully saturated rings. The van der Waals surface area contributed by atoms with Gasteiger partial charge in [-0.05, 0) is 45.2 Å². The molecule has 2 aromatic carbocycles. The van der Waals surface area contributed by atoms with Crippen molar-refractivity contribution in [3.63, 3.8) is 0 Å². The van der Waals surface area contributed by atoms with E-state index in [0.29, 0.717) is 23.9 Å². The summed E-state index contributed by atoms with van der Waals surface area (Å²) in [5.74, 6) is 1.41.